The monoisotopic (exact) mass is 515 g/mol. The predicted octanol–water partition coefficient (Wildman–Crippen LogP) is 3.56. The SMILES string of the molecule is C#Cc1ccc(C(C(=O)NCC(=O)OC)N(C(=O)C(NC(=O)OC(C)(C)C)C(C)CC)C(C)(C)C)cc1. The van der Waals surface area contributed by atoms with Gasteiger partial charge in [-0.25, -0.2) is 4.79 Å². The number of esters is 1. The van der Waals surface area contributed by atoms with E-state index in [2.05, 4.69) is 21.3 Å². The van der Waals surface area contributed by atoms with E-state index in [1.165, 1.54) is 12.0 Å². The van der Waals surface area contributed by atoms with Gasteiger partial charge in [0.15, 0.2) is 0 Å². The van der Waals surface area contributed by atoms with Gasteiger partial charge < -0.3 is 25.0 Å². The number of alkyl carbamates (subject to hydrolysis) is 1. The van der Waals surface area contributed by atoms with Crippen molar-refractivity contribution in [3.05, 3.63) is 35.4 Å². The Morgan fingerprint density at radius 2 is 1.62 bits per heavy atom. The van der Waals surface area contributed by atoms with Crippen LogP contribution in [0, 0.1) is 18.3 Å². The molecule has 9 heteroatoms. The van der Waals surface area contributed by atoms with Crippen LogP contribution in [0.4, 0.5) is 4.79 Å². The van der Waals surface area contributed by atoms with Gasteiger partial charge in [0.2, 0.25) is 11.8 Å². The molecule has 1 aromatic rings. The number of hydrogen-bond acceptors (Lipinski definition) is 6. The highest BCUT2D eigenvalue weighted by atomic mass is 16.6. The molecule has 3 atom stereocenters. The topological polar surface area (TPSA) is 114 Å². The van der Waals surface area contributed by atoms with Crippen molar-refractivity contribution in [2.24, 2.45) is 5.92 Å². The van der Waals surface area contributed by atoms with Crippen LogP contribution in [0.2, 0.25) is 0 Å². The zero-order valence-corrected chi connectivity index (χ0v) is 23.4. The lowest BCUT2D eigenvalue weighted by molar-refractivity contribution is -0.150. The van der Waals surface area contributed by atoms with Gasteiger partial charge in [0.25, 0.3) is 0 Å². The van der Waals surface area contributed by atoms with Crippen LogP contribution in [0.5, 0.6) is 0 Å². The fraction of sp³-hybridized carbons (Fsp3) is 0.571. The van der Waals surface area contributed by atoms with Crippen molar-refractivity contribution >= 4 is 23.9 Å². The summed E-state index contributed by atoms with van der Waals surface area (Å²) in [7, 11) is 1.22. The van der Waals surface area contributed by atoms with E-state index >= 15 is 0 Å². The summed E-state index contributed by atoms with van der Waals surface area (Å²) in [5.74, 6) is 0.580. The van der Waals surface area contributed by atoms with Crippen molar-refractivity contribution in [3.8, 4) is 12.3 Å². The molecule has 0 aromatic heterocycles. The molecular weight excluding hydrogens is 474 g/mol. The maximum Gasteiger partial charge on any atom is 0.408 e. The van der Waals surface area contributed by atoms with E-state index in [4.69, 9.17) is 11.2 Å². The third-order valence-electron chi connectivity index (χ3n) is 5.65. The van der Waals surface area contributed by atoms with E-state index in [0.717, 1.165) is 0 Å². The molecule has 0 fully saturated rings. The first-order chi connectivity index (χ1) is 17.0. The Labute approximate surface area is 220 Å². The molecule has 2 N–H and O–H groups in total. The van der Waals surface area contributed by atoms with Crippen LogP contribution >= 0.6 is 0 Å². The number of carbonyl (C=O) groups is 4. The minimum absolute atomic E-state index is 0.271. The highest BCUT2D eigenvalue weighted by Crippen LogP contribution is 2.31. The number of methoxy groups -OCH3 is 1. The summed E-state index contributed by atoms with van der Waals surface area (Å²) in [5, 5.41) is 5.28. The zero-order valence-electron chi connectivity index (χ0n) is 23.4. The van der Waals surface area contributed by atoms with Crippen LogP contribution in [0.3, 0.4) is 0 Å². The van der Waals surface area contributed by atoms with Crippen molar-refractivity contribution in [1.82, 2.24) is 15.5 Å². The normalized spacial score (nSPS) is 13.8. The van der Waals surface area contributed by atoms with Crippen LogP contribution in [0.1, 0.15) is 79.0 Å². The van der Waals surface area contributed by atoms with Crippen molar-refractivity contribution in [3.63, 3.8) is 0 Å². The lowest BCUT2D eigenvalue weighted by atomic mass is 9.91. The van der Waals surface area contributed by atoms with E-state index in [-0.39, 0.29) is 12.5 Å². The summed E-state index contributed by atoms with van der Waals surface area (Å²) in [6, 6.07) is 4.58. The van der Waals surface area contributed by atoms with Gasteiger partial charge in [-0.1, -0.05) is 38.3 Å². The molecule has 0 bridgehead atoms. The van der Waals surface area contributed by atoms with E-state index in [0.29, 0.717) is 17.5 Å². The third-order valence-corrected chi connectivity index (χ3v) is 5.65. The Hall–Kier alpha value is -3.54. The molecule has 3 unspecified atom stereocenters. The number of ether oxygens (including phenoxy) is 2. The fourth-order valence-electron chi connectivity index (χ4n) is 3.62. The quantitative estimate of drug-likeness (QED) is 0.384. The van der Waals surface area contributed by atoms with Gasteiger partial charge in [-0.05, 0) is 65.2 Å². The summed E-state index contributed by atoms with van der Waals surface area (Å²) >= 11 is 0. The van der Waals surface area contributed by atoms with Crippen molar-refractivity contribution < 1.29 is 28.7 Å². The van der Waals surface area contributed by atoms with Crippen LogP contribution in [0.25, 0.3) is 0 Å². The molecule has 9 nitrogen and oxygen atoms in total. The van der Waals surface area contributed by atoms with E-state index in [1.54, 1.807) is 65.8 Å². The number of benzene rings is 1. The smallest absolute Gasteiger partial charge is 0.408 e. The van der Waals surface area contributed by atoms with E-state index in [9.17, 15) is 19.2 Å². The maximum absolute atomic E-state index is 14.2. The molecule has 1 aromatic carbocycles. The average Bonchev–Trinajstić information content (AvgIpc) is 2.81. The van der Waals surface area contributed by atoms with Crippen LogP contribution < -0.4 is 10.6 Å². The number of hydrogen-bond donors (Lipinski definition) is 2. The molecule has 0 aliphatic heterocycles. The summed E-state index contributed by atoms with van der Waals surface area (Å²) in [6.07, 6.45) is 5.34. The Morgan fingerprint density at radius 1 is 1.05 bits per heavy atom. The maximum atomic E-state index is 14.2. The van der Waals surface area contributed by atoms with Gasteiger partial charge in [0.1, 0.15) is 24.2 Å². The van der Waals surface area contributed by atoms with Gasteiger partial charge in [0, 0.05) is 11.1 Å². The molecule has 0 saturated heterocycles. The first kappa shape index (κ1) is 31.5. The molecular formula is C28H41N3O6. The largest absolute Gasteiger partial charge is 0.468 e. The zero-order chi connectivity index (χ0) is 28.6. The van der Waals surface area contributed by atoms with Crippen LogP contribution in [-0.2, 0) is 23.9 Å². The molecule has 0 aliphatic carbocycles. The second-order valence-electron chi connectivity index (χ2n) is 10.9. The molecule has 0 heterocycles. The first-order valence-electron chi connectivity index (χ1n) is 12.3. The first-order valence-corrected chi connectivity index (χ1v) is 12.3. The standard InChI is InChI=1S/C28H41N3O6/c1-11-18(3)22(30-26(35)37-28(7,8)9)25(34)31(27(4,5)6)23(24(33)29-17-21(32)36-10)20-15-13-19(12-2)14-16-20/h2,13-16,18,22-23H,11,17H2,1,3-10H3,(H,29,33)(H,30,35). The van der Waals surface area contributed by atoms with Crippen LogP contribution in [-0.4, -0.2) is 59.6 Å². The second-order valence-corrected chi connectivity index (χ2v) is 10.9. The summed E-state index contributed by atoms with van der Waals surface area (Å²) in [6.45, 7) is 14.0. The number of amides is 3. The second kappa shape index (κ2) is 13.1. The highest BCUT2D eigenvalue weighted by Gasteiger charge is 2.43. The van der Waals surface area contributed by atoms with Gasteiger partial charge in [-0.15, -0.1) is 6.42 Å². The average molecular weight is 516 g/mol. The van der Waals surface area contributed by atoms with Crippen molar-refractivity contribution in [2.45, 2.75) is 85.0 Å². The molecule has 0 aliphatic rings. The Morgan fingerprint density at radius 3 is 2.05 bits per heavy atom. The number of rotatable bonds is 9. The number of terminal acetylenes is 1. The summed E-state index contributed by atoms with van der Waals surface area (Å²) < 4.78 is 10.0. The minimum atomic E-state index is -1.13. The molecule has 0 saturated carbocycles. The van der Waals surface area contributed by atoms with Crippen molar-refractivity contribution in [1.29, 1.82) is 0 Å². The van der Waals surface area contributed by atoms with Gasteiger partial charge in [-0.3, -0.25) is 14.4 Å². The number of carbonyl (C=O) groups excluding carboxylic acids is 4. The van der Waals surface area contributed by atoms with Crippen molar-refractivity contribution in [2.75, 3.05) is 13.7 Å². The Bertz CT molecular complexity index is 999. The lowest BCUT2D eigenvalue weighted by Crippen LogP contribution is -2.60. The van der Waals surface area contributed by atoms with Gasteiger partial charge >= 0.3 is 12.1 Å². The molecule has 0 radical (unpaired) electrons. The summed E-state index contributed by atoms with van der Waals surface area (Å²) in [5.41, 5.74) is -0.525. The minimum Gasteiger partial charge on any atom is -0.468 e. The predicted molar refractivity (Wildman–Crippen MR) is 141 cm³/mol. The lowest BCUT2D eigenvalue weighted by Gasteiger charge is -2.43. The molecule has 3 amide bonds. The van der Waals surface area contributed by atoms with Gasteiger partial charge in [-0.2, -0.15) is 0 Å². The Kier molecular flexibility index (Phi) is 11.2. The number of nitrogens with zero attached hydrogens (tertiary/aromatic N) is 1. The van der Waals surface area contributed by atoms with Crippen LogP contribution in [0.15, 0.2) is 24.3 Å². The molecule has 0 spiro atoms. The fourth-order valence-corrected chi connectivity index (χ4v) is 3.62. The molecule has 204 valence electrons. The molecule has 1 rings (SSSR count). The van der Waals surface area contributed by atoms with E-state index < -0.39 is 47.1 Å². The molecule has 37 heavy (non-hydrogen) atoms. The van der Waals surface area contributed by atoms with E-state index in [1.807, 2.05) is 13.8 Å². The van der Waals surface area contributed by atoms with Gasteiger partial charge in [0.05, 0.1) is 7.11 Å². The Balaban J connectivity index is 3.61. The number of nitrogens with one attached hydrogen (secondary N) is 2. The summed E-state index contributed by atoms with van der Waals surface area (Å²) in [4.78, 5) is 53.5. The highest BCUT2D eigenvalue weighted by molar-refractivity contribution is 5.93. The third kappa shape index (κ3) is 9.45.